The fraction of sp³-hybridized carbons (Fsp3) is 0.333. The summed E-state index contributed by atoms with van der Waals surface area (Å²) in [7, 11) is 0. The molecule has 0 amide bonds. The number of H-pyrrole nitrogens is 1. The van der Waals surface area contributed by atoms with Crippen LogP contribution in [0.5, 0.6) is 0 Å². The summed E-state index contributed by atoms with van der Waals surface area (Å²) in [6, 6.07) is 12.3. The zero-order valence-corrected chi connectivity index (χ0v) is 13.7. The van der Waals surface area contributed by atoms with E-state index < -0.39 is 0 Å². The Balaban J connectivity index is 1.43. The van der Waals surface area contributed by atoms with E-state index in [1.807, 2.05) is 47.3 Å². The number of fused-ring (bicyclic) bond motifs is 1. The van der Waals surface area contributed by atoms with Crippen molar-refractivity contribution in [3.8, 4) is 5.69 Å². The Hall–Kier alpha value is -2.44. The summed E-state index contributed by atoms with van der Waals surface area (Å²) in [5.41, 5.74) is 5.53. The monoisotopic (exact) mass is 323 g/mol. The normalized spacial score (nSPS) is 15.2. The third-order valence-electron chi connectivity index (χ3n) is 4.43. The van der Waals surface area contributed by atoms with Gasteiger partial charge in [0.2, 0.25) is 0 Å². The highest BCUT2D eigenvalue weighted by atomic mass is 16.5. The second-order valence-corrected chi connectivity index (χ2v) is 6.05. The maximum atomic E-state index is 5.54. The largest absolute Gasteiger partial charge is 0.376 e. The Morgan fingerprint density at radius 3 is 3.04 bits per heavy atom. The van der Waals surface area contributed by atoms with Gasteiger partial charge in [0.25, 0.3) is 0 Å². The number of para-hydroxylation sites is 1. The summed E-state index contributed by atoms with van der Waals surface area (Å²) in [6.07, 6.45) is 2.91. The van der Waals surface area contributed by atoms with Crippen molar-refractivity contribution < 1.29 is 4.74 Å². The summed E-state index contributed by atoms with van der Waals surface area (Å²) in [5.74, 6) is 0. The van der Waals surface area contributed by atoms with Gasteiger partial charge in [-0.3, -0.25) is 5.10 Å². The average Bonchev–Trinajstić information content (AvgIpc) is 3.28. The molecule has 0 saturated heterocycles. The summed E-state index contributed by atoms with van der Waals surface area (Å²) in [6.45, 7) is 4.25. The lowest BCUT2D eigenvalue weighted by Gasteiger charge is -2.14. The number of aromatic nitrogens is 4. The van der Waals surface area contributed by atoms with Crippen LogP contribution in [0.4, 0.5) is 0 Å². The van der Waals surface area contributed by atoms with Crippen LogP contribution in [0.2, 0.25) is 0 Å². The molecule has 24 heavy (non-hydrogen) atoms. The predicted molar refractivity (Wildman–Crippen MR) is 90.8 cm³/mol. The number of nitrogens with one attached hydrogen (secondary N) is 2. The van der Waals surface area contributed by atoms with Gasteiger partial charge in [-0.15, -0.1) is 0 Å². The first-order valence-corrected chi connectivity index (χ1v) is 8.28. The molecule has 4 rings (SSSR count). The van der Waals surface area contributed by atoms with Crippen LogP contribution in [-0.2, 0) is 24.3 Å². The van der Waals surface area contributed by atoms with Crippen LogP contribution >= 0.6 is 0 Å². The van der Waals surface area contributed by atoms with E-state index in [9.17, 15) is 0 Å². The Morgan fingerprint density at radius 2 is 2.17 bits per heavy atom. The molecule has 2 aromatic heterocycles. The van der Waals surface area contributed by atoms with Crippen LogP contribution < -0.4 is 5.32 Å². The van der Waals surface area contributed by atoms with Crippen molar-refractivity contribution >= 4 is 0 Å². The molecule has 3 aromatic rings. The number of aromatic amines is 1. The highest BCUT2D eigenvalue weighted by molar-refractivity contribution is 5.31. The van der Waals surface area contributed by atoms with Gasteiger partial charge in [0, 0.05) is 36.5 Å². The minimum atomic E-state index is 0.145. The van der Waals surface area contributed by atoms with Gasteiger partial charge in [-0.2, -0.15) is 10.2 Å². The molecule has 3 heterocycles. The van der Waals surface area contributed by atoms with E-state index >= 15 is 0 Å². The average molecular weight is 323 g/mol. The highest BCUT2D eigenvalue weighted by Gasteiger charge is 2.18. The molecule has 0 aliphatic carbocycles. The van der Waals surface area contributed by atoms with Crippen LogP contribution in [0.15, 0.2) is 42.6 Å². The number of nitrogens with zero attached hydrogens (tertiary/aromatic N) is 3. The molecule has 6 heteroatoms. The van der Waals surface area contributed by atoms with E-state index in [4.69, 9.17) is 4.74 Å². The molecule has 1 atom stereocenters. The number of benzene rings is 1. The predicted octanol–water partition coefficient (Wildman–Crippen LogP) is 2.52. The Morgan fingerprint density at radius 1 is 1.29 bits per heavy atom. The van der Waals surface area contributed by atoms with E-state index in [-0.39, 0.29) is 6.04 Å². The van der Waals surface area contributed by atoms with E-state index in [1.54, 1.807) is 0 Å². The van der Waals surface area contributed by atoms with Gasteiger partial charge in [0.05, 0.1) is 30.3 Å². The third kappa shape index (κ3) is 2.98. The summed E-state index contributed by atoms with van der Waals surface area (Å²) in [4.78, 5) is 0. The Labute approximate surface area is 140 Å². The molecule has 6 nitrogen and oxygen atoms in total. The molecule has 0 saturated carbocycles. The summed E-state index contributed by atoms with van der Waals surface area (Å²) >= 11 is 0. The molecular formula is C18H21N5O. The molecule has 0 bridgehead atoms. The first-order chi connectivity index (χ1) is 11.8. The van der Waals surface area contributed by atoms with Crippen molar-refractivity contribution in [2.24, 2.45) is 0 Å². The molecule has 1 unspecified atom stereocenters. The lowest BCUT2D eigenvalue weighted by Crippen LogP contribution is -2.20. The topological polar surface area (TPSA) is 67.8 Å². The van der Waals surface area contributed by atoms with Gasteiger partial charge >= 0.3 is 0 Å². The Bertz CT molecular complexity index is 808. The smallest absolute Gasteiger partial charge is 0.0818 e. The van der Waals surface area contributed by atoms with E-state index in [2.05, 4.69) is 27.5 Å². The van der Waals surface area contributed by atoms with Crippen molar-refractivity contribution in [1.29, 1.82) is 0 Å². The molecule has 2 N–H and O–H groups in total. The summed E-state index contributed by atoms with van der Waals surface area (Å²) in [5, 5.41) is 15.7. The third-order valence-corrected chi connectivity index (χ3v) is 4.43. The molecule has 1 aliphatic heterocycles. The maximum Gasteiger partial charge on any atom is 0.0818 e. The molecule has 0 radical (unpaired) electrons. The van der Waals surface area contributed by atoms with Gasteiger partial charge in [0.1, 0.15) is 0 Å². The van der Waals surface area contributed by atoms with Crippen LogP contribution in [0.25, 0.3) is 5.69 Å². The van der Waals surface area contributed by atoms with Crippen molar-refractivity contribution in [2.75, 3.05) is 6.61 Å². The number of hydrogen-bond acceptors (Lipinski definition) is 4. The molecule has 1 aliphatic rings. The lowest BCUT2D eigenvalue weighted by atomic mass is 10.1. The number of rotatable bonds is 5. The lowest BCUT2D eigenvalue weighted by molar-refractivity contribution is 0.109. The Kier molecular flexibility index (Phi) is 4.15. The zero-order chi connectivity index (χ0) is 16.4. The van der Waals surface area contributed by atoms with Crippen LogP contribution in [0.1, 0.15) is 35.6 Å². The minimum Gasteiger partial charge on any atom is -0.376 e. The van der Waals surface area contributed by atoms with E-state index in [1.165, 1.54) is 11.3 Å². The molecular weight excluding hydrogens is 302 g/mol. The number of ether oxygens (including phenoxy) is 1. The highest BCUT2D eigenvalue weighted by Crippen LogP contribution is 2.19. The SMILES string of the molecule is CC(NCc1n[nH]c2c1COCC2)c1ccn(-c2ccccc2)n1. The van der Waals surface area contributed by atoms with E-state index in [0.717, 1.165) is 30.1 Å². The van der Waals surface area contributed by atoms with Gasteiger partial charge in [0.15, 0.2) is 0 Å². The minimum absolute atomic E-state index is 0.145. The van der Waals surface area contributed by atoms with Crippen molar-refractivity contribution in [3.63, 3.8) is 0 Å². The molecule has 124 valence electrons. The van der Waals surface area contributed by atoms with Crippen molar-refractivity contribution in [1.82, 2.24) is 25.3 Å². The number of hydrogen-bond donors (Lipinski definition) is 2. The molecule has 1 aromatic carbocycles. The molecule has 0 spiro atoms. The van der Waals surface area contributed by atoms with Crippen molar-refractivity contribution in [2.45, 2.75) is 32.5 Å². The van der Waals surface area contributed by atoms with Gasteiger partial charge in [-0.1, -0.05) is 18.2 Å². The summed E-state index contributed by atoms with van der Waals surface area (Å²) < 4.78 is 7.44. The second-order valence-electron chi connectivity index (χ2n) is 6.05. The first-order valence-electron chi connectivity index (χ1n) is 8.28. The fourth-order valence-corrected chi connectivity index (χ4v) is 2.96. The van der Waals surface area contributed by atoms with Crippen LogP contribution in [-0.4, -0.2) is 26.6 Å². The van der Waals surface area contributed by atoms with Gasteiger partial charge in [-0.05, 0) is 25.1 Å². The van der Waals surface area contributed by atoms with E-state index in [0.29, 0.717) is 13.2 Å². The van der Waals surface area contributed by atoms with Gasteiger partial charge < -0.3 is 10.1 Å². The van der Waals surface area contributed by atoms with Crippen LogP contribution in [0.3, 0.4) is 0 Å². The second kappa shape index (κ2) is 6.59. The van der Waals surface area contributed by atoms with Gasteiger partial charge in [-0.25, -0.2) is 4.68 Å². The quantitative estimate of drug-likeness (QED) is 0.757. The molecule has 0 fully saturated rings. The van der Waals surface area contributed by atoms with Crippen molar-refractivity contribution in [3.05, 3.63) is 65.2 Å². The zero-order valence-electron chi connectivity index (χ0n) is 13.7. The maximum absolute atomic E-state index is 5.54. The first kappa shape index (κ1) is 15.1. The standard InChI is InChI=1S/C18H21N5O/c1-13(16-7-9-23(22-16)14-5-3-2-4-6-14)19-11-18-15-12-24-10-8-17(15)20-21-18/h2-7,9,13,19H,8,10-12H2,1H3,(H,20,21). The fourth-order valence-electron chi connectivity index (χ4n) is 2.96. The van der Waals surface area contributed by atoms with Crippen LogP contribution in [0, 0.1) is 0 Å².